The van der Waals surface area contributed by atoms with Crippen molar-refractivity contribution in [2.24, 2.45) is 0 Å². The quantitative estimate of drug-likeness (QED) is 0.322. The Morgan fingerprint density at radius 3 is 0.769 bits per heavy atom. The van der Waals surface area contributed by atoms with Crippen molar-refractivity contribution in [1.82, 2.24) is 0 Å². The molecule has 0 aliphatic rings. The van der Waals surface area contributed by atoms with E-state index in [-0.39, 0.29) is 0 Å². The minimum Gasteiger partial charge on any atom is -0.415 e. The molecular formula is C20H48O3Si3. The fourth-order valence-corrected chi connectivity index (χ4v) is 25.5. The summed E-state index contributed by atoms with van der Waals surface area (Å²) < 4.78 is 20.4. The average molecular weight is 421 g/mol. The van der Waals surface area contributed by atoms with Gasteiger partial charge < -0.3 is 12.7 Å². The second-order valence-corrected chi connectivity index (χ2v) is 24.0. The monoisotopic (exact) mass is 420 g/mol. The fourth-order valence-electron chi connectivity index (χ4n) is 5.45. The third-order valence-corrected chi connectivity index (χ3v) is 23.9. The van der Waals surface area contributed by atoms with Gasteiger partial charge in [-0.05, 0) is 33.2 Å². The highest BCUT2D eigenvalue weighted by atomic mass is 28.5. The third kappa shape index (κ3) is 5.12. The molecule has 0 bridgehead atoms. The molecule has 0 aliphatic carbocycles. The molecular weight excluding hydrogens is 372 g/mol. The molecule has 0 spiro atoms. The maximum absolute atomic E-state index is 7.13. The minimum atomic E-state index is -2.75. The maximum Gasteiger partial charge on any atom is 0.476 e. The summed E-state index contributed by atoms with van der Waals surface area (Å²) in [6.07, 6.45) is 0. The molecule has 0 aliphatic heterocycles. The molecule has 158 valence electrons. The zero-order valence-corrected chi connectivity index (χ0v) is 23.2. The maximum atomic E-state index is 7.13. The Kier molecular flexibility index (Phi) is 10.0. The average Bonchev–Trinajstić information content (AvgIpc) is 2.48. The smallest absolute Gasteiger partial charge is 0.415 e. The fraction of sp³-hybridized carbons (Fsp3) is 1.00. The van der Waals surface area contributed by atoms with Gasteiger partial charge in [-0.2, -0.15) is 0 Å². The van der Waals surface area contributed by atoms with Gasteiger partial charge in [0.1, 0.15) is 0 Å². The topological polar surface area (TPSA) is 27.7 Å². The molecule has 0 saturated heterocycles. The van der Waals surface area contributed by atoms with Crippen molar-refractivity contribution in [2.75, 3.05) is 7.11 Å². The Hall–Kier alpha value is 0.531. The predicted octanol–water partition coefficient (Wildman–Crippen LogP) is 7.59. The van der Waals surface area contributed by atoms with E-state index in [0.29, 0.717) is 33.2 Å². The van der Waals surface area contributed by atoms with Crippen molar-refractivity contribution in [3.63, 3.8) is 0 Å². The van der Waals surface area contributed by atoms with Crippen molar-refractivity contribution in [2.45, 2.75) is 123 Å². The summed E-state index contributed by atoms with van der Waals surface area (Å²) in [5.41, 5.74) is 3.17. The van der Waals surface area contributed by atoms with Gasteiger partial charge in [-0.3, -0.25) is 0 Å². The van der Waals surface area contributed by atoms with Crippen LogP contribution >= 0.6 is 0 Å². The Labute approximate surface area is 168 Å². The van der Waals surface area contributed by atoms with Gasteiger partial charge in [-0.15, -0.1) is 0 Å². The second-order valence-electron chi connectivity index (χ2n) is 9.91. The van der Waals surface area contributed by atoms with Crippen molar-refractivity contribution < 1.29 is 12.7 Å². The van der Waals surface area contributed by atoms with E-state index in [0.717, 1.165) is 0 Å². The van der Waals surface area contributed by atoms with E-state index in [1.807, 2.05) is 0 Å². The van der Waals surface area contributed by atoms with Gasteiger partial charge in [0, 0.05) is 13.7 Å². The van der Waals surface area contributed by atoms with Crippen LogP contribution in [0.25, 0.3) is 0 Å². The van der Waals surface area contributed by atoms with Crippen LogP contribution in [0.1, 0.15) is 83.1 Å². The van der Waals surface area contributed by atoms with Crippen LogP contribution in [0, 0.1) is 0 Å². The number of rotatable bonds is 11. The SMILES string of the molecule is CO[Si](C)(O[Si](C(C)C)(C(C)C)C(C)C)O[Si](C(C)C)(C(C)C)C(C)C. The molecule has 0 radical (unpaired) electrons. The van der Waals surface area contributed by atoms with Crippen LogP contribution in [0.15, 0.2) is 0 Å². The lowest BCUT2D eigenvalue weighted by atomic mass is 10.5. The summed E-state index contributed by atoms with van der Waals surface area (Å²) >= 11 is 0. The largest absolute Gasteiger partial charge is 0.476 e. The standard InChI is InChI=1S/C20H48O3Si3/c1-15(2)25(16(3)4,17(5)6)22-24(14,21-13)23-26(18(7)8,19(9)10)20(11)12/h15-20H,1-14H3. The van der Waals surface area contributed by atoms with E-state index in [1.165, 1.54) is 0 Å². The van der Waals surface area contributed by atoms with E-state index in [2.05, 4.69) is 89.6 Å². The van der Waals surface area contributed by atoms with E-state index >= 15 is 0 Å². The first-order valence-corrected chi connectivity index (χ1v) is 17.1. The normalized spacial score (nSPS) is 14.8. The Bertz CT molecular complexity index is 343. The molecule has 0 amide bonds. The second kappa shape index (κ2) is 9.83. The van der Waals surface area contributed by atoms with Gasteiger partial charge >= 0.3 is 8.80 Å². The lowest BCUT2D eigenvalue weighted by Gasteiger charge is -2.51. The van der Waals surface area contributed by atoms with Crippen LogP contribution in [-0.2, 0) is 12.7 Å². The van der Waals surface area contributed by atoms with Crippen LogP contribution in [0.4, 0.5) is 0 Å². The number of hydrogen-bond donors (Lipinski definition) is 0. The molecule has 0 heterocycles. The zero-order valence-electron chi connectivity index (χ0n) is 20.2. The van der Waals surface area contributed by atoms with Crippen LogP contribution in [0.3, 0.4) is 0 Å². The molecule has 0 aromatic heterocycles. The number of hydrogen-bond acceptors (Lipinski definition) is 3. The lowest BCUT2D eigenvalue weighted by molar-refractivity contribution is 0.191. The van der Waals surface area contributed by atoms with Crippen LogP contribution in [0.5, 0.6) is 0 Å². The molecule has 0 fully saturated rings. The van der Waals surface area contributed by atoms with Crippen molar-refractivity contribution in [3.8, 4) is 0 Å². The first-order valence-electron chi connectivity index (χ1n) is 10.6. The summed E-state index contributed by atoms with van der Waals surface area (Å²) in [5, 5.41) is 0. The zero-order chi connectivity index (χ0) is 21.1. The Morgan fingerprint density at radius 1 is 0.462 bits per heavy atom. The molecule has 0 rings (SSSR count). The van der Waals surface area contributed by atoms with E-state index < -0.39 is 25.4 Å². The van der Waals surface area contributed by atoms with Gasteiger partial charge in [0.25, 0.3) is 0 Å². The molecule has 0 unspecified atom stereocenters. The highest BCUT2D eigenvalue weighted by Crippen LogP contribution is 2.48. The summed E-state index contributed by atoms with van der Waals surface area (Å²) in [7, 11) is -5.06. The molecule has 0 atom stereocenters. The van der Waals surface area contributed by atoms with Gasteiger partial charge in [-0.25, -0.2) is 0 Å². The molecule has 0 saturated carbocycles. The first-order chi connectivity index (χ1) is 11.6. The highest BCUT2D eigenvalue weighted by Gasteiger charge is 2.57. The van der Waals surface area contributed by atoms with E-state index in [1.54, 1.807) is 7.11 Å². The molecule has 0 aromatic carbocycles. The van der Waals surface area contributed by atoms with Crippen molar-refractivity contribution in [3.05, 3.63) is 0 Å². The Morgan fingerprint density at radius 2 is 0.654 bits per heavy atom. The molecule has 3 nitrogen and oxygen atoms in total. The van der Waals surface area contributed by atoms with Gasteiger partial charge in [0.15, 0.2) is 16.6 Å². The van der Waals surface area contributed by atoms with Gasteiger partial charge in [-0.1, -0.05) is 83.1 Å². The molecule has 26 heavy (non-hydrogen) atoms. The highest BCUT2D eigenvalue weighted by molar-refractivity contribution is 6.90. The van der Waals surface area contributed by atoms with Crippen molar-refractivity contribution in [1.29, 1.82) is 0 Å². The summed E-state index contributed by atoms with van der Waals surface area (Å²) in [5.74, 6) is 0. The summed E-state index contributed by atoms with van der Waals surface area (Å²) in [6.45, 7) is 30.1. The third-order valence-electron chi connectivity index (χ3n) is 6.51. The van der Waals surface area contributed by atoms with E-state index in [4.69, 9.17) is 12.7 Å². The van der Waals surface area contributed by atoms with Crippen LogP contribution < -0.4 is 0 Å². The molecule has 0 aromatic rings. The minimum absolute atomic E-state index is 0.529. The summed E-state index contributed by atoms with van der Waals surface area (Å²) in [6, 6.07) is 0. The Balaban J connectivity index is 6.18. The van der Waals surface area contributed by atoms with Gasteiger partial charge in [0.05, 0.1) is 0 Å². The van der Waals surface area contributed by atoms with Crippen molar-refractivity contribution >= 4 is 25.4 Å². The summed E-state index contributed by atoms with van der Waals surface area (Å²) in [4.78, 5) is 0. The van der Waals surface area contributed by atoms with Crippen LogP contribution in [-0.4, -0.2) is 32.5 Å². The first kappa shape index (κ1) is 26.5. The van der Waals surface area contributed by atoms with Gasteiger partial charge in [0.2, 0.25) is 0 Å². The predicted molar refractivity (Wildman–Crippen MR) is 123 cm³/mol. The van der Waals surface area contributed by atoms with E-state index in [9.17, 15) is 0 Å². The molecule has 0 N–H and O–H groups in total. The lowest BCUT2D eigenvalue weighted by Crippen LogP contribution is -2.63. The van der Waals surface area contributed by atoms with Crippen LogP contribution in [0.2, 0.25) is 39.8 Å². The molecule has 6 heteroatoms.